The van der Waals surface area contributed by atoms with Crippen molar-refractivity contribution in [3.63, 3.8) is 0 Å². The first kappa shape index (κ1) is 15.6. The van der Waals surface area contributed by atoms with Crippen LogP contribution in [0.5, 0.6) is 0 Å². The Morgan fingerprint density at radius 1 is 1.15 bits per heavy atom. The molecule has 20 heavy (non-hydrogen) atoms. The van der Waals surface area contributed by atoms with Gasteiger partial charge < -0.3 is 0 Å². The summed E-state index contributed by atoms with van der Waals surface area (Å²) >= 11 is 0. The van der Waals surface area contributed by atoms with Crippen molar-refractivity contribution in [1.29, 1.82) is 0 Å². The van der Waals surface area contributed by atoms with Crippen LogP contribution in [0.1, 0.15) is 5.56 Å². The molecule has 2 rings (SSSR count). The highest BCUT2D eigenvalue weighted by Crippen LogP contribution is 2.12. The molecule has 0 spiro atoms. The number of benzene rings is 1. The third-order valence-corrected chi connectivity index (χ3v) is 5.49. The minimum Gasteiger partial charge on any atom is -0.296 e. The summed E-state index contributed by atoms with van der Waals surface area (Å²) < 4.78 is 24.9. The largest absolute Gasteiger partial charge is 0.296 e. The monoisotopic (exact) mass is 312 g/mol. The van der Waals surface area contributed by atoms with Crippen LogP contribution in [-0.2, 0) is 28.3 Å². The van der Waals surface area contributed by atoms with Crippen LogP contribution >= 0.6 is 0 Å². The van der Waals surface area contributed by atoms with Gasteiger partial charge >= 0.3 is 0 Å². The third-order valence-electron chi connectivity index (χ3n) is 3.39. The Morgan fingerprint density at radius 2 is 1.75 bits per heavy atom. The molecule has 1 aromatic rings. The standard InChI is InChI=1S/C14H20N2O2S2/c1-3-20(18)16-10-8-15(9-11-16)12-13-4-6-14(7-5-13)19(2)17/h3-7H,1,8-12H2,2H3. The van der Waals surface area contributed by atoms with E-state index in [-0.39, 0.29) is 0 Å². The highest BCUT2D eigenvalue weighted by atomic mass is 32.2. The van der Waals surface area contributed by atoms with Crippen LogP contribution in [0.4, 0.5) is 0 Å². The SMILES string of the molecule is C=CS(=O)N1CCN(Cc2ccc(S(C)=O)cc2)CC1. The second-order valence-corrected chi connectivity index (χ2v) is 7.53. The first-order valence-electron chi connectivity index (χ1n) is 6.53. The van der Waals surface area contributed by atoms with Gasteiger partial charge in [0.2, 0.25) is 0 Å². The van der Waals surface area contributed by atoms with E-state index in [1.807, 2.05) is 28.6 Å². The maximum absolute atomic E-state index is 11.6. The number of rotatable bonds is 5. The molecule has 1 heterocycles. The first-order chi connectivity index (χ1) is 9.60. The fraction of sp³-hybridized carbons (Fsp3) is 0.429. The van der Waals surface area contributed by atoms with Crippen molar-refractivity contribution in [3.8, 4) is 0 Å². The van der Waals surface area contributed by atoms with Gasteiger partial charge in [0.15, 0.2) is 0 Å². The molecule has 2 unspecified atom stereocenters. The Hall–Kier alpha value is -0.820. The van der Waals surface area contributed by atoms with Crippen molar-refractivity contribution in [2.45, 2.75) is 11.4 Å². The number of hydrogen-bond donors (Lipinski definition) is 0. The van der Waals surface area contributed by atoms with Crippen LogP contribution in [0, 0.1) is 0 Å². The van der Waals surface area contributed by atoms with Crippen LogP contribution in [-0.4, -0.2) is 50.1 Å². The van der Waals surface area contributed by atoms with Crippen molar-refractivity contribution >= 4 is 21.8 Å². The fourth-order valence-electron chi connectivity index (χ4n) is 2.22. The average Bonchev–Trinajstić information content (AvgIpc) is 2.48. The zero-order chi connectivity index (χ0) is 14.5. The second-order valence-electron chi connectivity index (χ2n) is 4.75. The van der Waals surface area contributed by atoms with E-state index in [9.17, 15) is 8.42 Å². The van der Waals surface area contributed by atoms with Crippen LogP contribution < -0.4 is 0 Å². The maximum Gasteiger partial charge on any atom is 0.119 e. The van der Waals surface area contributed by atoms with Gasteiger partial charge in [-0.15, -0.1) is 0 Å². The van der Waals surface area contributed by atoms with Crippen molar-refractivity contribution in [2.75, 3.05) is 32.4 Å². The van der Waals surface area contributed by atoms with Gasteiger partial charge in [0.1, 0.15) is 11.0 Å². The third kappa shape index (κ3) is 4.09. The molecule has 2 atom stereocenters. The predicted molar refractivity (Wildman–Crippen MR) is 84.0 cm³/mol. The molecular weight excluding hydrogens is 292 g/mol. The summed E-state index contributed by atoms with van der Waals surface area (Å²) in [4.78, 5) is 3.20. The van der Waals surface area contributed by atoms with E-state index >= 15 is 0 Å². The van der Waals surface area contributed by atoms with E-state index in [1.54, 1.807) is 6.26 Å². The van der Waals surface area contributed by atoms with Crippen molar-refractivity contribution in [2.24, 2.45) is 0 Å². The number of piperazine rings is 1. The van der Waals surface area contributed by atoms with Gasteiger partial charge in [0, 0.05) is 60.1 Å². The van der Waals surface area contributed by atoms with Gasteiger partial charge in [0.05, 0.1) is 0 Å². The van der Waals surface area contributed by atoms with E-state index in [0.29, 0.717) is 0 Å². The normalized spacial score (nSPS) is 20.4. The number of hydrogen-bond acceptors (Lipinski definition) is 3. The van der Waals surface area contributed by atoms with Gasteiger partial charge in [-0.1, -0.05) is 18.7 Å². The van der Waals surface area contributed by atoms with E-state index in [1.165, 1.54) is 11.0 Å². The maximum atomic E-state index is 11.6. The summed E-state index contributed by atoms with van der Waals surface area (Å²) in [5.41, 5.74) is 1.22. The van der Waals surface area contributed by atoms with Gasteiger partial charge in [-0.2, -0.15) is 0 Å². The first-order valence-corrected chi connectivity index (χ1v) is 9.26. The van der Waals surface area contributed by atoms with Gasteiger partial charge in [-0.3, -0.25) is 9.11 Å². The Kier molecular flexibility index (Phi) is 5.65. The second kappa shape index (κ2) is 7.26. The molecule has 110 valence electrons. The van der Waals surface area contributed by atoms with E-state index in [4.69, 9.17) is 0 Å². The van der Waals surface area contributed by atoms with E-state index in [2.05, 4.69) is 11.5 Å². The zero-order valence-electron chi connectivity index (χ0n) is 11.7. The fourth-order valence-corrected chi connectivity index (χ4v) is 3.47. The molecule has 1 saturated heterocycles. The molecule has 4 nitrogen and oxygen atoms in total. The minimum atomic E-state index is -1.05. The topological polar surface area (TPSA) is 40.6 Å². The summed E-state index contributed by atoms with van der Waals surface area (Å²) in [5.74, 6) is 0. The molecule has 0 aliphatic carbocycles. The Morgan fingerprint density at radius 3 is 2.25 bits per heavy atom. The molecule has 6 heteroatoms. The molecule has 0 aromatic heterocycles. The molecule has 0 amide bonds. The lowest BCUT2D eigenvalue weighted by Gasteiger charge is -2.33. The lowest BCUT2D eigenvalue weighted by Crippen LogP contribution is -2.45. The zero-order valence-corrected chi connectivity index (χ0v) is 13.3. The summed E-state index contributed by atoms with van der Waals surface area (Å²) in [5, 5.41) is 1.49. The summed E-state index contributed by atoms with van der Waals surface area (Å²) in [6, 6.07) is 7.92. The van der Waals surface area contributed by atoms with Crippen molar-refractivity contribution in [3.05, 3.63) is 41.8 Å². The van der Waals surface area contributed by atoms with E-state index < -0.39 is 21.8 Å². The smallest absolute Gasteiger partial charge is 0.119 e. The average molecular weight is 312 g/mol. The lowest BCUT2D eigenvalue weighted by molar-refractivity contribution is 0.186. The molecule has 1 fully saturated rings. The highest BCUT2D eigenvalue weighted by Gasteiger charge is 2.19. The Balaban J connectivity index is 1.87. The van der Waals surface area contributed by atoms with Crippen molar-refractivity contribution < 1.29 is 8.42 Å². The van der Waals surface area contributed by atoms with Crippen molar-refractivity contribution in [1.82, 2.24) is 9.21 Å². The van der Waals surface area contributed by atoms with Crippen LogP contribution in [0.2, 0.25) is 0 Å². The number of nitrogens with zero attached hydrogens (tertiary/aromatic N) is 2. The molecule has 0 saturated carbocycles. The molecule has 1 aliphatic rings. The Labute approximate surface area is 125 Å². The molecular formula is C14H20N2O2S2. The predicted octanol–water partition coefficient (Wildman–Crippen LogP) is 1.35. The molecule has 0 bridgehead atoms. The Bertz CT molecular complexity index is 508. The summed E-state index contributed by atoms with van der Waals surface area (Å²) in [6.07, 6.45) is 1.69. The van der Waals surface area contributed by atoms with E-state index in [0.717, 1.165) is 37.6 Å². The summed E-state index contributed by atoms with van der Waals surface area (Å²) in [6.45, 7) is 7.86. The molecule has 1 aliphatic heterocycles. The summed E-state index contributed by atoms with van der Waals surface area (Å²) in [7, 11) is -1.97. The lowest BCUT2D eigenvalue weighted by atomic mass is 10.2. The van der Waals surface area contributed by atoms with Gasteiger partial charge in [0.25, 0.3) is 0 Å². The van der Waals surface area contributed by atoms with Gasteiger partial charge in [-0.25, -0.2) is 8.51 Å². The van der Waals surface area contributed by atoms with Crippen LogP contribution in [0.15, 0.2) is 41.1 Å². The molecule has 0 radical (unpaired) electrons. The quantitative estimate of drug-likeness (QED) is 0.824. The van der Waals surface area contributed by atoms with Crippen LogP contribution in [0.3, 0.4) is 0 Å². The van der Waals surface area contributed by atoms with Crippen LogP contribution in [0.25, 0.3) is 0 Å². The molecule has 1 aromatic carbocycles. The minimum absolute atomic E-state index is 0.801. The molecule has 0 N–H and O–H groups in total. The van der Waals surface area contributed by atoms with Gasteiger partial charge in [-0.05, 0) is 17.7 Å². The highest BCUT2D eigenvalue weighted by molar-refractivity contribution is 7.85.